The minimum absolute atomic E-state index is 0.328. The first kappa shape index (κ1) is 14.1. The molecule has 2 unspecified atom stereocenters. The third kappa shape index (κ3) is 3.37. The lowest BCUT2D eigenvalue weighted by Gasteiger charge is -2.12. The Hall–Kier alpha value is -1.30. The number of halogens is 2. The van der Waals surface area contributed by atoms with E-state index in [9.17, 15) is 9.59 Å². The van der Waals surface area contributed by atoms with Crippen molar-refractivity contribution < 1.29 is 19.4 Å². The highest BCUT2D eigenvalue weighted by molar-refractivity contribution is 6.42. The third-order valence-electron chi connectivity index (χ3n) is 2.77. The summed E-state index contributed by atoms with van der Waals surface area (Å²) >= 11 is 11.6. The summed E-state index contributed by atoms with van der Waals surface area (Å²) in [7, 11) is 0. The van der Waals surface area contributed by atoms with Gasteiger partial charge in [-0.3, -0.25) is 4.79 Å². The standard InChI is InChI=1S/C12H11Cl2NO4/c13-7-2-1-6(5-8(7)14)15-11(16)9-3-4-10(19-9)12(17)18/h1-2,5,9-10H,3-4H2,(H,15,16)(H,17,18). The second kappa shape index (κ2) is 5.77. The number of anilines is 1. The molecule has 0 aliphatic carbocycles. The molecule has 0 spiro atoms. The first-order chi connectivity index (χ1) is 8.97. The van der Waals surface area contributed by atoms with Crippen molar-refractivity contribution >= 4 is 40.8 Å². The normalized spacial score (nSPS) is 22.2. The van der Waals surface area contributed by atoms with Crippen molar-refractivity contribution in [2.24, 2.45) is 0 Å². The number of amides is 1. The first-order valence-corrected chi connectivity index (χ1v) is 6.37. The molecule has 1 heterocycles. The quantitative estimate of drug-likeness (QED) is 0.900. The van der Waals surface area contributed by atoms with Crippen molar-refractivity contribution in [1.82, 2.24) is 0 Å². The Morgan fingerprint density at radius 3 is 2.47 bits per heavy atom. The van der Waals surface area contributed by atoms with Gasteiger partial charge in [0, 0.05) is 5.69 Å². The number of carboxylic acids is 1. The van der Waals surface area contributed by atoms with Crippen molar-refractivity contribution in [2.45, 2.75) is 25.0 Å². The summed E-state index contributed by atoms with van der Waals surface area (Å²) in [5, 5.41) is 12.1. The molecule has 1 aromatic rings. The minimum atomic E-state index is -1.05. The number of rotatable bonds is 3. The van der Waals surface area contributed by atoms with Crippen LogP contribution in [0.25, 0.3) is 0 Å². The minimum Gasteiger partial charge on any atom is -0.479 e. The number of carbonyl (C=O) groups is 2. The van der Waals surface area contributed by atoms with Crippen molar-refractivity contribution in [1.29, 1.82) is 0 Å². The number of hydrogen-bond donors (Lipinski definition) is 2. The molecule has 0 aromatic heterocycles. The average Bonchev–Trinajstić information content (AvgIpc) is 2.83. The van der Waals surface area contributed by atoms with E-state index in [0.717, 1.165) is 0 Å². The zero-order valence-electron chi connectivity index (χ0n) is 9.73. The topological polar surface area (TPSA) is 75.6 Å². The summed E-state index contributed by atoms with van der Waals surface area (Å²) in [5.41, 5.74) is 0.488. The van der Waals surface area contributed by atoms with Crippen LogP contribution in [-0.4, -0.2) is 29.2 Å². The van der Waals surface area contributed by atoms with Gasteiger partial charge in [-0.05, 0) is 31.0 Å². The Morgan fingerprint density at radius 2 is 1.89 bits per heavy atom. The van der Waals surface area contributed by atoms with Gasteiger partial charge in [-0.1, -0.05) is 23.2 Å². The van der Waals surface area contributed by atoms with E-state index >= 15 is 0 Å². The van der Waals surface area contributed by atoms with Gasteiger partial charge in [0.2, 0.25) is 0 Å². The maximum atomic E-state index is 11.9. The van der Waals surface area contributed by atoms with Gasteiger partial charge in [-0.25, -0.2) is 4.79 Å². The molecule has 2 N–H and O–H groups in total. The Morgan fingerprint density at radius 1 is 1.21 bits per heavy atom. The molecule has 19 heavy (non-hydrogen) atoms. The second-order valence-electron chi connectivity index (χ2n) is 4.15. The van der Waals surface area contributed by atoms with Crippen LogP contribution in [0.3, 0.4) is 0 Å². The lowest BCUT2D eigenvalue weighted by atomic mass is 10.2. The summed E-state index contributed by atoms with van der Waals surface area (Å²) in [6, 6.07) is 4.69. The zero-order chi connectivity index (χ0) is 14.0. The lowest BCUT2D eigenvalue weighted by molar-refractivity contribution is -0.150. The van der Waals surface area contributed by atoms with Crippen molar-refractivity contribution in [3.63, 3.8) is 0 Å². The predicted octanol–water partition coefficient (Wildman–Crippen LogP) is 2.56. The van der Waals surface area contributed by atoms with Gasteiger partial charge in [0.15, 0.2) is 6.10 Å². The smallest absolute Gasteiger partial charge is 0.332 e. The van der Waals surface area contributed by atoms with Gasteiger partial charge < -0.3 is 15.2 Å². The largest absolute Gasteiger partial charge is 0.479 e. The fraction of sp³-hybridized carbons (Fsp3) is 0.333. The monoisotopic (exact) mass is 303 g/mol. The van der Waals surface area contributed by atoms with Crippen LogP contribution in [0.5, 0.6) is 0 Å². The molecule has 7 heteroatoms. The SMILES string of the molecule is O=C(O)C1CCC(C(=O)Nc2ccc(Cl)c(Cl)c2)O1. The molecule has 0 radical (unpaired) electrons. The number of aliphatic carboxylic acids is 1. The fourth-order valence-electron chi connectivity index (χ4n) is 1.81. The Kier molecular flexibility index (Phi) is 4.29. The Balaban J connectivity index is 1.98. The highest BCUT2D eigenvalue weighted by Crippen LogP contribution is 2.26. The summed E-state index contributed by atoms with van der Waals surface area (Å²) in [6.45, 7) is 0. The molecule has 0 saturated carbocycles. The Labute approximate surface area is 119 Å². The van der Waals surface area contributed by atoms with E-state index in [1.54, 1.807) is 12.1 Å². The molecule has 1 amide bonds. The molecule has 0 bridgehead atoms. The molecule has 1 aliphatic rings. The van der Waals surface area contributed by atoms with Gasteiger partial charge in [-0.2, -0.15) is 0 Å². The van der Waals surface area contributed by atoms with E-state index in [0.29, 0.717) is 28.6 Å². The van der Waals surface area contributed by atoms with E-state index < -0.39 is 18.2 Å². The van der Waals surface area contributed by atoms with Gasteiger partial charge in [0.05, 0.1) is 10.0 Å². The van der Waals surface area contributed by atoms with Crippen LogP contribution in [0.15, 0.2) is 18.2 Å². The van der Waals surface area contributed by atoms with Crippen LogP contribution >= 0.6 is 23.2 Å². The van der Waals surface area contributed by atoms with Crippen LogP contribution < -0.4 is 5.32 Å². The van der Waals surface area contributed by atoms with E-state index in [1.807, 2.05) is 0 Å². The number of carbonyl (C=O) groups excluding carboxylic acids is 1. The molecule has 1 saturated heterocycles. The molecule has 2 rings (SSSR count). The molecule has 1 aromatic carbocycles. The summed E-state index contributed by atoms with van der Waals surface area (Å²) < 4.78 is 5.14. The highest BCUT2D eigenvalue weighted by Gasteiger charge is 2.34. The van der Waals surface area contributed by atoms with Crippen molar-refractivity contribution in [3.8, 4) is 0 Å². The van der Waals surface area contributed by atoms with Crippen LogP contribution in [-0.2, 0) is 14.3 Å². The van der Waals surface area contributed by atoms with Crippen LogP contribution in [0.2, 0.25) is 10.0 Å². The number of nitrogens with one attached hydrogen (secondary N) is 1. The number of carboxylic acid groups (broad SMARTS) is 1. The average molecular weight is 304 g/mol. The summed E-state index contributed by atoms with van der Waals surface area (Å²) in [5.74, 6) is -1.44. The van der Waals surface area contributed by atoms with E-state index in [-0.39, 0.29) is 5.91 Å². The molecule has 1 fully saturated rings. The van der Waals surface area contributed by atoms with E-state index in [1.165, 1.54) is 6.07 Å². The maximum absolute atomic E-state index is 11.9. The van der Waals surface area contributed by atoms with Crippen LogP contribution in [0, 0.1) is 0 Å². The number of ether oxygens (including phenoxy) is 1. The van der Waals surface area contributed by atoms with Crippen LogP contribution in [0.1, 0.15) is 12.8 Å². The summed E-state index contributed by atoms with van der Waals surface area (Å²) in [6.07, 6.45) is -0.959. The second-order valence-corrected chi connectivity index (χ2v) is 4.96. The van der Waals surface area contributed by atoms with Gasteiger partial charge >= 0.3 is 5.97 Å². The zero-order valence-corrected chi connectivity index (χ0v) is 11.2. The van der Waals surface area contributed by atoms with Crippen LogP contribution in [0.4, 0.5) is 5.69 Å². The first-order valence-electron chi connectivity index (χ1n) is 5.61. The van der Waals surface area contributed by atoms with E-state index in [2.05, 4.69) is 5.32 Å². The molecule has 5 nitrogen and oxygen atoms in total. The lowest BCUT2D eigenvalue weighted by Crippen LogP contribution is -2.29. The maximum Gasteiger partial charge on any atom is 0.332 e. The van der Waals surface area contributed by atoms with E-state index in [4.69, 9.17) is 33.0 Å². The molecule has 2 atom stereocenters. The fourth-order valence-corrected chi connectivity index (χ4v) is 2.11. The number of hydrogen-bond acceptors (Lipinski definition) is 3. The van der Waals surface area contributed by atoms with Crippen molar-refractivity contribution in [2.75, 3.05) is 5.32 Å². The highest BCUT2D eigenvalue weighted by atomic mass is 35.5. The molecule has 102 valence electrons. The number of benzene rings is 1. The third-order valence-corrected chi connectivity index (χ3v) is 3.51. The van der Waals surface area contributed by atoms with Crippen molar-refractivity contribution in [3.05, 3.63) is 28.2 Å². The Bertz CT molecular complexity index is 520. The molecular formula is C12H11Cl2NO4. The summed E-state index contributed by atoms with van der Waals surface area (Å²) in [4.78, 5) is 22.6. The molecular weight excluding hydrogens is 293 g/mol. The van der Waals surface area contributed by atoms with Gasteiger partial charge in [0.25, 0.3) is 5.91 Å². The molecule has 1 aliphatic heterocycles. The predicted molar refractivity (Wildman–Crippen MR) is 70.6 cm³/mol. The van der Waals surface area contributed by atoms with Gasteiger partial charge in [-0.15, -0.1) is 0 Å². The van der Waals surface area contributed by atoms with Gasteiger partial charge in [0.1, 0.15) is 6.10 Å².